The van der Waals surface area contributed by atoms with Gasteiger partial charge < -0.3 is 10.0 Å². The van der Waals surface area contributed by atoms with Crippen molar-refractivity contribution in [1.82, 2.24) is 4.90 Å². The van der Waals surface area contributed by atoms with E-state index in [1.165, 1.54) is 5.56 Å². The first-order valence-electron chi connectivity index (χ1n) is 6.79. The van der Waals surface area contributed by atoms with Crippen LogP contribution in [0.1, 0.15) is 18.4 Å². The molecule has 4 heteroatoms. The molecule has 1 saturated heterocycles. The molecule has 1 heterocycles. The van der Waals surface area contributed by atoms with Crippen LogP contribution in [0.5, 0.6) is 0 Å². The van der Waals surface area contributed by atoms with Gasteiger partial charge in [0.25, 0.3) is 0 Å². The average molecular weight is 277 g/mol. The normalized spacial score (nSPS) is 21.0. The lowest BCUT2D eigenvalue weighted by Crippen LogP contribution is -2.65. The Hall–Kier alpha value is -1.00. The van der Waals surface area contributed by atoms with Crippen molar-refractivity contribution in [2.24, 2.45) is 5.92 Å². The number of rotatable bonds is 5. The smallest absolute Gasteiger partial charge is 0.232 e. The molecular weight excluding hydrogens is 258 g/mol. The standard InChI is InChI=1S/C15H19NO2S/c17-14(9-19-8-12-4-2-1-3-5-12)16-10-15(18,11-16)13-6-7-13/h1-5,13,18H,6-11H2. The summed E-state index contributed by atoms with van der Waals surface area (Å²) < 4.78 is 0. The Bertz CT molecular complexity index is 452. The molecule has 0 bridgehead atoms. The number of thioether (sulfide) groups is 1. The molecule has 1 aromatic rings. The Balaban J connectivity index is 1.38. The first kappa shape index (κ1) is 13.0. The summed E-state index contributed by atoms with van der Waals surface area (Å²) in [7, 11) is 0. The van der Waals surface area contributed by atoms with Gasteiger partial charge in [-0.05, 0) is 24.3 Å². The number of likely N-dealkylation sites (tertiary alicyclic amines) is 1. The predicted octanol–water partition coefficient (Wildman–Crippen LogP) is 1.90. The van der Waals surface area contributed by atoms with E-state index in [1.54, 1.807) is 16.7 Å². The molecule has 1 amide bonds. The van der Waals surface area contributed by atoms with Crippen molar-refractivity contribution >= 4 is 17.7 Å². The van der Waals surface area contributed by atoms with Crippen LogP contribution in [-0.2, 0) is 10.5 Å². The maximum absolute atomic E-state index is 11.9. The summed E-state index contributed by atoms with van der Waals surface area (Å²) in [6.45, 7) is 1.09. The van der Waals surface area contributed by atoms with E-state index in [0.717, 1.165) is 18.6 Å². The van der Waals surface area contributed by atoms with E-state index < -0.39 is 5.60 Å². The fourth-order valence-corrected chi connectivity index (χ4v) is 3.48. The molecule has 2 aliphatic rings. The van der Waals surface area contributed by atoms with Gasteiger partial charge in [0.05, 0.1) is 18.8 Å². The first-order chi connectivity index (χ1) is 9.17. The third-order valence-corrected chi connectivity index (χ3v) is 4.94. The highest BCUT2D eigenvalue weighted by Crippen LogP contribution is 2.44. The first-order valence-corrected chi connectivity index (χ1v) is 7.95. The number of carbonyl (C=O) groups excluding carboxylic acids is 1. The zero-order chi connectivity index (χ0) is 13.3. The lowest BCUT2D eigenvalue weighted by Gasteiger charge is -2.47. The average Bonchev–Trinajstić information content (AvgIpc) is 3.20. The zero-order valence-electron chi connectivity index (χ0n) is 10.9. The maximum Gasteiger partial charge on any atom is 0.232 e. The highest BCUT2D eigenvalue weighted by molar-refractivity contribution is 7.99. The molecule has 0 unspecified atom stereocenters. The highest BCUT2D eigenvalue weighted by Gasteiger charge is 2.52. The van der Waals surface area contributed by atoms with E-state index in [1.807, 2.05) is 18.2 Å². The van der Waals surface area contributed by atoms with Crippen LogP contribution in [0, 0.1) is 5.92 Å². The summed E-state index contributed by atoms with van der Waals surface area (Å²) >= 11 is 1.64. The third-order valence-electron chi connectivity index (χ3n) is 3.96. The van der Waals surface area contributed by atoms with E-state index in [-0.39, 0.29) is 5.91 Å². The van der Waals surface area contributed by atoms with Gasteiger partial charge in [-0.3, -0.25) is 4.79 Å². The van der Waals surface area contributed by atoms with E-state index in [0.29, 0.717) is 24.8 Å². The van der Waals surface area contributed by atoms with Crippen LogP contribution < -0.4 is 0 Å². The monoisotopic (exact) mass is 277 g/mol. The van der Waals surface area contributed by atoms with Gasteiger partial charge >= 0.3 is 0 Å². The predicted molar refractivity (Wildman–Crippen MR) is 76.9 cm³/mol. The van der Waals surface area contributed by atoms with E-state index in [2.05, 4.69) is 12.1 Å². The van der Waals surface area contributed by atoms with Crippen LogP contribution in [0.25, 0.3) is 0 Å². The molecule has 2 fully saturated rings. The van der Waals surface area contributed by atoms with Gasteiger partial charge in [0, 0.05) is 5.75 Å². The second kappa shape index (κ2) is 5.17. The Morgan fingerprint density at radius 1 is 1.32 bits per heavy atom. The number of hydrogen-bond acceptors (Lipinski definition) is 3. The van der Waals surface area contributed by atoms with Crippen LogP contribution in [0.15, 0.2) is 30.3 Å². The van der Waals surface area contributed by atoms with Crippen molar-refractivity contribution in [2.45, 2.75) is 24.2 Å². The number of β-amino-alcohol motifs (C(OH)–C–C–N with tert-alkyl or cyclic N) is 1. The molecular formula is C15H19NO2S. The third kappa shape index (κ3) is 2.95. The lowest BCUT2D eigenvalue weighted by atomic mass is 9.89. The van der Waals surface area contributed by atoms with Gasteiger partial charge in [-0.2, -0.15) is 0 Å². The SMILES string of the molecule is O=C(CSCc1ccccc1)N1CC(O)(C2CC2)C1. The fourth-order valence-electron chi connectivity index (χ4n) is 2.59. The minimum atomic E-state index is -0.556. The van der Waals surface area contributed by atoms with Crippen LogP contribution >= 0.6 is 11.8 Å². The second-order valence-electron chi connectivity index (χ2n) is 5.61. The minimum absolute atomic E-state index is 0.159. The molecule has 102 valence electrons. The van der Waals surface area contributed by atoms with Gasteiger partial charge in [0.1, 0.15) is 5.60 Å². The quantitative estimate of drug-likeness (QED) is 0.893. The lowest BCUT2D eigenvalue weighted by molar-refractivity contribution is -0.156. The molecule has 0 radical (unpaired) electrons. The summed E-state index contributed by atoms with van der Waals surface area (Å²) in [6.07, 6.45) is 2.25. The molecule has 3 nitrogen and oxygen atoms in total. The van der Waals surface area contributed by atoms with Gasteiger partial charge in [-0.25, -0.2) is 0 Å². The van der Waals surface area contributed by atoms with E-state index in [4.69, 9.17) is 0 Å². The Kier molecular flexibility index (Phi) is 3.54. The van der Waals surface area contributed by atoms with E-state index in [9.17, 15) is 9.90 Å². The number of carbonyl (C=O) groups is 1. The highest BCUT2D eigenvalue weighted by atomic mass is 32.2. The number of amides is 1. The molecule has 0 aromatic heterocycles. The Labute approximate surface area is 118 Å². The summed E-state index contributed by atoms with van der Waals surface area (Å²) in [5.41, 5.74) is 0.693. The number of aliphatic hydroxyl groups is 1. The molecule has 3 rings (SSSR count). The second-order valence-corrected chi connectivity index (χ2v) is 6.59. The molecule has 1 aliphatic carbocycles. The number of benzene rings is 1. The summed E-state index contributed by atoms with van der Waals surface area (Å²) in [5.74, 6) is 1.99. The van der Waals surface area contributed by atoms with E-state index >= 15 is 0 Å². The summed E-state index contributed by atoms with van der Waals surface area (Å²) in [5, 5.41) is 10.2. The summed E-state index contributed by atoms with van der Waals surface area (Å²) in [4.78, 5) is 13.7. The molecule has 19 heavy (non-hydrogen) atoms. The van der Waals surface area contributed by atoms with Crippen molar-refractivity contribution < 1.29 is 9.90 Å². The van der Waals surface area contributed by atoms with Crippen molar-refractivity contribution in [1.29, 1.82) is 0 Å². The maximum atomic E-state index is 11.9. The molecule has 1 N–H and O–H groups in total. The summed E-state index contributed by atoms with van der Waals surface area (Å²) in [6, 6.07) is 10.2. The molecule has 0 atom stereocenters. The van der Waals surface area contributed by atoms with Crippen molar-refractivity contribution in [3.8, 4) is 0 Å². The zero-order valence-corrected chi connectivity index (χ0v) is 11.7. The largest absolute Gasteiger partial charge is 0.386 e. The van der Waals surface area contributed by atoms with Crippen molar-refractivity contribution in [2.75, 3.05) is 18.8 Å². The van der Waals surface area contributed by atoms with Crippen LogP contribution in [0.4, 0.5) is 0 Å². The minimum Gasteiger partial charge on any atom is -0.386 e. The topological polar surface area (TPSA) is 40.5 Å². The van der Waals surface area contributed by atoms with Crippen LogP contribution in [-0.4, -0.2) is 40.4 Å². The van der Waals surface area contributed by atoms with Gasteiger partial charge in [0.2, 0.25) is 5.91 Å². The molecule has 0 spiro atoms. The Morgan fingerprint density at radius 2 is 2.00 bits per heavy atom. The van der Waals surface area contributed by atoms with Crippen LogP contribution in [0.2, 0.25) is 0 Å². The fraction of sp³-hybridized carbons (Fsp3) is 0.533. The van der Waals surface area contributed by atoms with Crippen molar-refractivity contribution in [3.05, 3.63) is 35.9 Å². The van der Waals surface area contributed by atoms with Crippen molar-refractivity contribution in [3.63, 3.8) is 0 Å². The van der Waals surface area contributed by atoms with Gasteiger partial charge in [-0.1, -0.05) is 30.3 Å². The Morgan fingerprint density at radius 3 is 2.63 bits per heavy atom. The number of hydrogen-bond donors (Lipinski definition) is 1. The number of nitrogens with zero attached hydrogens (tertiary/aromatic N) is 1. The van der Waals surface area contributed by atoms with Gasteiger partial charge in [-0.15, -0.1) is 11.8 Å². The van der Waals surface area contributed by atoms with Gasteiger partial charge in [0.15, 0.2) is 0 Å². The molecule has 1 aromatic carbocycles. The molecule has 1 saturated carbocycles. The molecule has 1 aliphatic heterocycles. The van der Waals surface area contributed by atoms with Crippen LogP contribution in [0.3, 0.4) is 0 Å².